The van der Waals surface area contributed by atoms with Crippen LogP contribution in [0.1, 0.15) is 44.6 Å². The molecule has 0 bridgehead atoms. The molecule has 1 heterocycles. The third-order valence-corrected chi connectivity index (χ3v) is 4.39. The number of rotatable bonds is 6. The van der Waals surface area contributed by atoms with E-state index >= 15 is 0 Å². The Labute approximate surface area is 111 Å². The van der Waals surface area contributed by atoms with Crippen LogP contribution in [0.15, 0.2) is 6.07 Å². The van der Waals surface area contributed by atoms with E-state index in [-0.39, 0.29) is 16.7 Å². The van der Waals surface area contributed by atoms with Gasteiger partial charge in [0.2, 0.25) is 0 Å². The van der Waals surface area contributed by atoms with Crippen LogP contribution in [0.2, 0.25) is 0 Å². The van der Waals surface area contributed by atoms with Gasteiger partial charge in [-0.1, -0.05) is 13.3 Å². The van der Waals surface area contributed by atoms with E-state index in [1.165, 1.54) is 17.4 Å². The predicted octanol–water partition coefficient (Wildman–Crippen LogP) is 3.33. The molecule has 1 aromatic rings. The van der Waals surface area contributed by atoms with Gasteiger partial charge in [-0.2, -0.15) is 0 Å². The number of hydrogen-bond donors (Lipinski definition) is 1. The van der Waals surface area contributed by atoms with Crippen molar-refractivity contribution in [3.05, 3.63) is 21.1 Å². The lowest BCUT2D eigenvalue weighted by molar-refractivity contribution is -0.383. The fourth-order valence-corrected chi connectivity index (χ4v) is 2.92. The summed E-state index contributed by atoms with van der Waals surface area (Å²) in [5.41, 5.74) is 0.0846. The zero-order chi connectivity index (χ0) is 13.9. The van der Waals surface area contributed by atoms with Gasteiger partial charge < -0.3 is 10.0 Å². The molecule has 0 amide bonds. The van der Waals surface area contributed by atoms with Gasteiger partial charge in [-0.25, -0.2) is 0 Å². The molecule has 0 fully saturated rings. The predicted molar refractivity (Wildman–Crippen MR) is 74.4 cm³/mol. The lowest BCUT2D eigenvalue weighted by atomic mass is 10.2. The molecule has 0 aromatic carbocycles. The largest absolute Gasteiger partial charge is 0.388 e. The molecule has 5 nitrogen and oxygen atoms in total. The fourth-order valence-electron chi connectivity index (χ4n) is 1.79. The summed E-state index contributed by atoms with van der Waals surface area (Å²) in [7, 11) is 1.87. The molecule has 0 aliphatic rings. The lowest BCUT2D eigenvalue weighted by Crippen LogP contribution is -2.28. The van der Waals surface area contributed by atoms with Gasteiger partial charge in [0.1, 0.15) is 0 Å². The maximum atomic E-state index is 11.0. The first-order valence-electron chi connectivity index (χ1n) is 6.07. The molecule has 0 saturated heterocycles. The first-order valence-corrected chi connectivity index (χ1v) is 6.89. The van der Waals surface area contributed by atoms with Gasteiger partial charge in [0.15, 0.2) is 5.00 Å². The minimum Gasteiger partial charge on any atom is -0.388 e. The molecule has 6 heteroatoms. The van der Waals surface area contributed by atoms with E-state index in [0.29, 0.717) is 9.88 Å². The Balaban J connectivity index is 3.09. The van der Waals surface area contributed by atoms with Crippen LogP contribution in [0.25, 0.3) is 0 Å². The van der Waals surface area contributed by atoms with Crippen LogP contribution in [0, 0.1) is 10.1 Å². The first kappa shape index (κ1) is 14.9. The molecule has 1 unspecified atom stereocenters. The zero-order valence-electron chi connectivity index (χ0n) is 11.2. The number of thiophene rings is 1. The van der Waals surface area contributed by atoms with E-state index in [1.807, 2.05) is 11.9 Å². The van der Waals surface area contributed by atoms with Crippen molar-refractivity contribution in [2.24, 2.45) is 0 Å². The number of hydrogen-bond acceptors (Lipinski definition) is 5. The molecular formula is C12H20N2O3S. The van der Waals surface area contributed by atoms with Crippen molar-refractivity contribution in [1.82, 2.24) is 0 Å². The van der Waals surface area contributed by atoms with Gasteiger partial charge in [0.25, 0.3) is 0 Å². The van der Waals surface area contributed by atoms with E-state index in [2.05, 4.69) is 13.8 Å². The monoisotopic (exact) mass is 272 g/mol. The van der Waals surface area contributed by atoms with Crippen molar-refractivity contribution in [2.75, 3.05) is 11.9 Å². The van der Waals surface area contributed by atoms with Crippen molar-refractivity contribution < 1.29 is 10.0 Å². The molecule has 0 saturated carbocycles. The quantitative estimate of drug-likeness (QED) is 0.637. The average molecular weight is 272 g/mol. The number of anilines is 1. The van der Waals surface area contributed by atoms with Crippen molar-refractivity contribution in [3.8, 4) is 0 Å². The van der Waals surface area contributed by atoms with Crippen molar-refractivity contribution >= 4 is 22.0 Å². The SMILES string of the molecule is CCCC(C)N(C)c1sc([C@H](C)O)cc1[N+](=O)[O-]. The number of aliphatic hydroxyl groups is 1. The minimum absolute atomic E-state index is 0.0846. The molecule has 1 N–H and O–H groups in total. The summed E-state index contributed by atoms with van der Waals surface area (Å²) in [5, 5.41) is 21.2. The van der Waals surface area contributed by atoms with Crippen LogP contribution in [-0.4, -0.2) is 23.1 Å². The van der Waals surface area contributed by atoms with Gasteiger partial charge in [0.05, 0.1) is 11.0 Å². The molecule has 1 rings (SSSR count). The molecule has 0 radical (unpaired) electrons. The van der Waals surface area contributed by atoms with E-state index in [1.54, 1.807) is 6.92 Å². The average Bonchev–Trinajstić information content (AvgIpc) is 2.73. The minimum atomic E-state index is -0.669. The Morgan fingerprint density at radius 2 is 2.17 bits per heavy atom. The summed E-state index contributed by atoms with van der Waals surface area (Å²) in [6, 6.07) is 1.72. The van der Waals surface area contributed by atoms with E-state index in [9.17, 15) is 15.2 Å². The molecule has 0 spiro atoms. The molecule has 0 aliphatic heterocycles. The first-order chi connectivity index (χ1) is 8.38. The van der Waals surface area contributed by atoms with E-state index in [4.69, 9.17) is 0 Å². The molecule has 0 aliphatic carbocycles. The maximum Gasteiger partial charge on any atom is 0.304 e. The highest BCUT2D eigenvalue weighted by Gasteiger charge is 2.25. The van der Waals surface area contributed by atoms with Gasteiger partial charge in [-0.3, -0.25) is 10.1 Å². The van der Waals surface area contributed by atoms with Crippen LogP contribution in [0.3, 0.4) is 0 Å². The van der Waals surface area contributed by atoms with E-state index < -0.39 is 6.10 Å². The fraction of sp³-hybridized carbons (Fsp3) is 0.667. The Morgan fingerprint density at radius 3 is 2.61 bits per heavy atom. The summed E-state index contributed by atoms with van der Waals surface area (Å²) in [6.45, 7) is 5.76. The Kier molecular flexibility index (Phi) is 5.10. The van der Waals surface area contributed by atoms with Crippen molar-refractivity contribution in [3.63, 3.8) is 0 Å². The number of nitro groups is 1. The Morgan fingerprint density at radius 1 is 1.56 bits per heavy atom. The second-order valence-corrected chi connectivity index (χ2v) is 5.58. The van der Waals surface area contributed by atoms with Gasteiger partial charge in [-0.05, 0) is 20.3 Å². The molecule has 102 valence electrons. The molecule has 18 heavy (non-hydrogen) atoms. The second kappa shape index (κ2) is 6.15. The highest BCUT2D eigenvalue weighted by molar-refractivity contribution is 7.16. The summed E-state index contributed by atoms with van der Waals surface area (Å²) in [6.07, 6.45) is 1.35. The summed E-state index contributed by atoms with van der Waals surface area (Å²) < 4.78 is 0. The molecule has 1 aromatic heterocycles. The lowest BCUT2D eigenvalue weighted by Gasteiger charge is -2.24. The zero-order valence-corrected chi connectivity index (χ0v) is 12.0. The van der Waals surface area contributed by atoms with Gasteiger partial charge in [0, 0.05) is 24.0 Å². The van der Waals surface area contributed by atoms with E-state index in [0.717, 1.165) is 12.8 Å². The maximum absolute atomic E-state index is 11.0. The van der Waals surface area contributed by atoms with Crippen LogP contribution in [-0.2, 0) is 0 Å². The Bertz CT molecular complexity index is 417. The highest BCUT2D eigenvalue weighted by Crippen LogP contribution is 2.40. The van der Waals surface area contributed by atoms with Crippen LogP contribution in [0.5, 0.6) is 0 Å². The second-order valence-electron chi connectivity index (χ2n) is 4.52. The summed E-state index contributed by atoms with van der Waals surface area (Å²) in [4.78, 5) is 13.2. The normalized spacial score (nSPS) is 14.3. The van der Waals surface area contributed by atoms with Crippen LogP contribution >= 0.6 is 11.3 Å². The summed E-state index contributed by atoms with van der Waals surface area (Å²) in [5.74, 6) is 0. The van der Waals surface area contributed by atoms with Gasteiger partial charge >= 0.3 is 5.69 Å². The Hall–Kier alpha value is -1.14. The third-order valence-electron chi connectivity index (χ3n) is 3.01. The summed E-state index contributed by atoms with van der Waals surface area (Å²) >= 11 is 1.29. The van der Waals surface area contributed by atoms with Crippen molar-refractivity contribution in [1.29, 1.82) is 0 Å². The smallest absolute Gasteiger partial charge is 0.304 e. The van der Waals surface area contributed by atoms with Gasteiger partial charge in [-0.15, -0.1) is 11.3 Å². The molecular weight excluding hydrogens is 252 g/mol. The topological polar surface area (TPSA) is 66.6 Å². The van der Waals surface area contributed by atoms with Crippen LogP contribution < -0.4 is 4.90 Å². The number of aliphatic hydroxyl groups excluding tert-OH is 1. The highest BCUT2D eigenvalue weighted by atomic mass is 32.1. The number of nitrogens with zero attached hydrogens (tertiary/aromatic N) is 2. The molecule has 2 atom stereocenters. The van der Waals surface area contributed by atoms with Crippen molar-refractivity contribution in [2.45, 2.75) is 45.8 Å². The van der Waals surface area contributed by atoms with Crippen LogP contribution in [0.4, 0.5) is 10.7 Å². The standard InChI is InChI=1S/C12H20N2O3S/c1-5-6-8(2)13(4)12-10(14(16)17)7-11(18-12)9(3)15/h7-9,15H,5-6H2,1-4H3/t8?,9-/m0/s1. The third kappa shape index (κ3) is 3.20.